The van der Waals surface area contributed by atoms with Gasteiger partial charge in [0.1, 0.15) is 0 Å². The highest BCUT2D eigenvalue weighted by Crippen LogP contribution is 2.12. The number of rotatable bonds is 6. The minimum absolute atomic E-state index is 0.0180. The molecule has 0 aliphatic rings. The van der Waals surface area contributed by atoms with Crippen molar-refractivity contribution in [2.24, 2.45) is 0 Å². The summed E-state index contributed by atoms with van der Waals surface area (Å²) in [6.07, 6.45) is 0. The van der Waals surface area contributed by atoms with E-state index in [-0.39, 0.29) is 22.8 Å². The fourth-order valence-corrected chi connectivity index (χ4v) is 2.91. The van der Waals surface area contributed by atoms with Gasteiger partial charge in [-0.15, -0.1) is 0 Å². The Labute approximate surface area is 133 Å². The number of benzene rings is 2. The molecular formula is C16H14NO5S-. The molecule has 6 nitrogen and oxygen atoms in total. The number of hydrogen-bond donors (Lipinski definition) is 1. The maximum absolute atomic E-state index is 12.2. The zero-order valence-corrected chi connectivity index (χ0v) is 13.1. The number of aromatic carboxylic acids is 1. The van der Waals surface area contributed by atoms with Gasteiger partial charge in [-0.3, -0.25) is 4.79 Å². The van der Waals surface area contributed by atoms with Crippen LogP contribution in [-0.2, 0) is 16.6 Å². The van der Waals surface area contributed by atoms with Gasteiger partial charge in [0.2, 0.25) is 10.0 Å². The Morgan fingerprint density at radius 2 is 1.48 bits per heavy atom. The van der Waals surface area contributed by atoms with Crippen LogP contribution in [0.15, 0.2) is 53.4 Å². The van der Waals surface area contributed by atoms with Crippen LogP contribution < -0.4 is 9.83 Å². The molecule has 0 bridgehead atoms. The van der Waals surface area contributed by atoms with Gasteiger partial charge in [0.05, 0.1) is 10.9 Å². The van der Waals surface area contributed by atoms with E-state index < -0.39 is 16.0 Å². The minimum Gasteiger partial charge on any atom is -0.545 e. The second-order valence-corrected chi connectivity index (χ2v) is 6.66. The molecule has 2 aromatic carbocycles. The van der Waals surface area contributed by atoms with Crippen LogP contribution in [0.3, 0.4) is 0 Å². The first-order valence-corrected chi connectivity index (χ1v) is 8.19. The molecule has 2 aromatic rings. The summed E-state index contributed by atoms with van der Waals surface area (Å²) >= 11 is 0. The van der Waals surface area contributed by atoms with Crippen molar-refractivity contribution in [1.29, 1.82) is 0 Å². The lowest BCUT2D eigenvalue weighted by molar-refractivity contribution is -0.255. The lowest BCUT2D eigenvalue weighted by atomic mass is 10.1. The molecule has 7 heteroatoms. The van der Waals surface area contributed by atoms with E-state index in [0.29, 0.717) is 11.1 Å². The molecule has 0 aliphatic carbocycles. The summed E-state index contributed by atoms with van der Waals surface area (Å²) in [6, 6.07) is 11.3. The van der Waals surface area contributed by atoms with Crippen LogP contribution in [0.1, 0.15) is 33.2 Å². The minimum atomic E-state index is -3.72. The van der Waals surface area contributed by atoms with Crippen molar-refractivity contribution in [3.8, 4) is 0 Å². The van der Waals surface area contributed by atoms with Crippen molar-refractivity contribution < 1.29 is 23.1 Å². The molecule has 0 aromatic heterocycles. The standard InChI is InChI=1S/C16H15NO5S/c1-11(18)13-6-8-15(9-7-13)23(21,22)17-10-12-2-4-14(5-3-12)16(19)20/h2-9,17H,10H2,1H3,(H,19,20)/p-1. The van der Waals surface area contributed by atoms with Crippen LogP contribution in [0.4, 0.5) is 0 Å². The molecule has 0 spiro atoms. The molecule has 0 radical (unpaired) electrons. The molecule has 1 N–H and O–H groups in total. The van der Waals surface area contributed by atoms with Gasteiger partial charge in [0.25, 0.3) is 0 Å². The summed E-state index contributed by atoms with van der Waals surface area (Å²) in [5.41, 5.74) is 1.07. The fourth-order valence-electron chi connectivity index (χ4n) is 1.89. The molecule has 0 saturated carbocycles. The summed E-state index contributed by atoms with van der Waals surface area (Å²) in [6.45, 7) is 1.42. The Kier molecular flexibility index (Phi) is 4.92. The van der Waals surface area contributed by atoms with Crippen molar-refractivity contribution >= 4 is 21.8 Å². The zero-order chi connectivity index (χ0) is 17.0. The second-order valence-electron chi connectivity index (χ2n) is 4.89. The lowest BCUT2D eigenvalue weighted by Crippen LogP contribution is -2.24. The van der Waals surface area contributed by atoms with Crippen molar-refractivity contribution in [1.82, 2.24) is 4.72 Å². The zero-order valence-electron chi connectivity index (χ0n) is 12.3. The quantitative estimate of drug-likeness (QED) is 0.786. The number of carbonyl (C=O) groups excluding carboxylic acids is 2. The van der Waals surface area contributed by atoms with Crippen LogP contribution in [0.2, 0.25) is 0 Å². The van der Waals surface area contributed by atoms with Crippen LogP contribution >= 0.6 is 0 Å². The highest BCUT2D eigenvalue weighted by atomic mass is 32.2. The average Bonchev–Trinajstić information content (AvgIpc) is 2.53. The fraction of sp³-hybridized carbons (Fsp3) is 0.125. The topological polar surface area (TPSA) is 103 Å². The molecule has 0 saturated heterocycles. The third-order valence-corrected chi connectivity index (χ3v) is 4.64. The van der Waals surface area contributed by atoms with Crippen molar-refractivity contribution in [2.45, 2.75) is 18.4 Å². The summed E-state index contributed by atoms with van der Waals surface area (Å²) in [5, 5.41) is 10.6. The van der Waals surface area contributed by atoms with Gasteiger partial charge in [0.15, 0.2) is 5.78 Å². The van der Waals surface area contributed by atoms with Gasteiger partial charge in [-0.2, -0.15) is 0 Å². The molecule has 0 heterocycles. The molecule has 120 valence electrons. The van der Waals surface area contributed by atoms with Crippen LogP contribution in [0, 0.1) is 0 Å². The maximum atomic E-state index is 12.2. The van der Waals surface area contributed by atoms with Gasteiger partial charge in [-0.25, -0.2) is 13.1 Å². The number of Topliss-reactive ketones (excluding diaryl/α,β-unsaturated/α-hetero) is 1. The molecular weight excluding hydrogens is 318 g/mol. The highest BCUT2D eigenvalue weighted by Gasteiger charge is 2.14. The first kappa shape index (κ1) is 16.9. The van der Waals surface area contributed by atoms with Gasteiger partial charge in [0, 0.05) is 12.1 Å². The van der Waals surface area contributed by atoms with E-state index in [1.165, 1.54) is 55.5 Å². The molecule has 0 aliphatic heterocycles. The van der Waals surface area contributed by atoms with Gasteiger partial charge >= 0.3 is 0 Å². The van der Waals surface area contributed by atoms with E-state index in [0.717, 1.165) is 0 Å². The molecule has 2 rings (SSSR count). The Balaban J connectivity index is 2.09. The number of carboxylic acids is 1. The Morgan fingerprint density at radius 3 is 1.96 bits per heavy atom. The summed E-state index contributed by atoms with van der Waals surface area (Å²) in [4.78, 5) is 21.9. The largest absolute Gasteiger partial charge is 0.545 e. The van der Waals surface area contributed by atoms with Gasteiger partial charge < -0.3 is 9.90 Å². The van der Waals surface area contributed by atoms with E-state index in [1.54, 1.807) is 0 Å². The van der Waals surface area contributed by atoms with E-state index in [2.05, 4.69) is 4.72 Å². The van der Waals surface area contributed by atoms with Crippen molar-refractivity contribution in [2.75, 3.05) is 0 Å². The molecule has 0 unspecified atom stereocenters. The van der Waals surface area contributed by atoms with E-state index >= 15 is 0 Å². The maximum Gasteiger partial charge on any atom is 0.240 e. The Bertz CT molecular complexity index is 824. The molecule has 0 amide bonds. The van der Waals surface area contributed by atoms with Crippen LogP contribution in [0.5, 0.6) is 0 Å². The number of nitrogens with one attached hydrogen (secondary N) is 1. The SMILES string of the molecule is CC(=O)c1ccc(S(=O)(=O)NCc2ccc(C(=O)[O-])cc2)cc1. The van der Waals surface area contributed by atoms with Gasteiger partial charge in [-0.05, 0) is 30.2 Å². The van der Waals surface area contributed by atoms with Crippen LogP contribution in [-0.4, -0.2) is 20.2 Å². The van der Waals surface area contributed by atoms with E-state index in [9.17, 15) is 23.1 Å². The average molecular weight is 332 g/mol. The monoisotopic (exact) mass is 332 g/mol. The van der Waals surface area contributed by atoms with Crippen molar-refractivity contribution in [3.05, 3.63) is 65.2 Å². The number of sulfonamides is 1. The second kappa shape index (κ2) is 6.72. The molecule has 0 atom stereocenters. The van der Waals surface area contributed by atoms with Crippen LogP contribution in [0.25, 0.3) is 0 Å². The lowest BCUT2D eigenvalue weighted by Gasteiger charge is -2.08. The summed E-state index contributed by atoms with van der Waals surface area (Å²) in [5.74, 6) is -1.43. The first-order valence-electron chi connectivity index (χ1n) is 6.70. The number of hydrogen-bond acceptors (Lipinski definition) is 5. The predicted molar refractivity (Wildman–Crippen MR) is 81.2 cm³/mol. The first-order chi connectivity index (χ1) is 10.8. The predicted octanol–water partition coefficient (Wildman–Crippen LogP) is 0.731. The smallest absolute Gasteiger partial charge is 0.240 e. The number of carboxylic acid groups (broad SMARTS) is 1. The third kappa shape index (κ3) is 4.24. The summed E-state index contributed by atoms with van der Waals surface area (Å²) in [7, 11) is -3.72. The normalized spacial score (nSPS) is 11.2. The van der Waals surface area contributed by atoms with E-state index in [4.69, 9.17) is 0 Å². The number of carbonyl (C=O) groups is 2. The van der Waals surface area contributed by atoms with E-state index in [1.807, 2.05) is 0 Å². The van der Waals surface area contributed by atoms with Gasteiger partial charge in [-0.1, -0.05) is 36.4 Å². The van der Waals surface area contributed by atoms with Crippen molar-refractivity contribution in [3.63, 3.8) is 0 Å². The Morgan fingerprint density at radius 1 is 0.957 bits per heavy atom. The number of ketones is 1. The third-order valence-electron chi connectivity index (χ3n) is 3.23. The molecule has 0 fully saturated rings. The summed E-state index contributed by atoms with van der Waals surface area (Å²) < 4.78 is 26.7. The highest BCUT2D eigenvalue weighted by molar-refractivity contribution is 7.89. The molecule has 23 heavy (non-hydrogen) atoms. The Hall–Kier alpha value is -2.51.